The van der Waals surface area contributed by atoms with Gasteiger partial charge >= 0.3 is 0 Å². The zero-order valence-electron chi connectivity index (χ0n) is 11.5. The van der Waals surface area contributed by atoms with Crippen LogP contribution in [0, 0.1) is 5.82 Å². The Bertz CT molecular complexity index is 799. The molecule has 0 radical (unpaired) electrons. The number of nitrogens with zero attached hydrogens (tertiary/aromatic N) is 1. The zero-order valence-corrected chi connectivity index (χ0v) is 12.4. The van der Waals surface area contributed by atoms with Gasteiger partial charge in [-0.15, -0.1) is 0 Å². The summed E-state index contributed by atoms with van der Waals surface area (Å²) in [5.41, 5.74) is 1.40. The molecule has 116 valence electrons. The molecule has 0 spiro atoms. The van der Waals surface area contributed by atoms with E-state index in [9.17, 15) is 17.6 Å². The maximum absolute atomic E-state index is 13.0. The van der Waals surface area contributed by atoms with E-state index in [2.05, 4.69) is 15.5 Å². The zero-order chi connectivity index (χ0) is 15.7. The number of nitrogens with one attached hydrogen (secondary N) is 2. The first kappa shape index (κ1) is 14.7. The number of amides is 1. The second-order valence-corrected chi connectivity index (χ2v) is 7.47. The lowest BCUT2D eigenvalue weighted by Crippen LogP contribution is -2.35. The Hall–Kier alpha value is -2.22. The number of hydrogen-bond donors (Lipinski definition) is 2. The number of sulfone groups is 1. The Morgan fingerprint density at radius 2 is 2.05 bits per heavy atom. The number of aromatic amines is 1. The van der Waals surface area contributed by atoms with Crippen LogP contribution in [-0.4, -0.2) is 42.1 Å². The number of H-pyrrole nitrogens is 1. The molecule has 1 aliphatic heterocycles. The van der Waals surface area contributed by atoms with Crippen LogP contribution in [0.3, 0.4) is 0 Å². The minimum Gasteiger partial charge on any atom is -0.348 e. The Balaban J connectivity index is 1.80. The van der Waals surface area contributed by atoms with E-state index in [4.69, 9.17) is 0 Å². The van der Waals surface area contributed by atoms with Gasteiger partial charge in [0, 0.05) is 11.6 Å². The molecule has 2 heterocycles. The van der Waals surface area contributed by atoms with Crippen molar-refractivity contribution in [2.45, 2.75) is 12.5 Å². The van der Waals surface area contributed by atoms with Crippen molar-refractivity contribution in [2.75, 3.05) is 11.5 Å². The second-order valence-electron chi connectivity index (χ2n) is 5.24. The normalized spacial score (nSPS) is 20.0. The monoisotopic (exact) mass is 323 g/mol. The van der Waals surface area contributed by atoms with Crippen LogP contribution in [0.15, 0.2) is 30.5 Å². The van der Waals surface area contributed by atoms with Crippen LogP contribution in [0.1, 0.15) is 16.8 Å². The molecule has 1 aromatic heterocycles. The van der Waals surface area contributed by atoms with Crippen molar-refractivity contribution in [1.29, 1.82) is 0 Å². The highest BCUT2D eigenvalue weighted by Gasteiger charge is 2.29. The van der Waals surface area contributed by atoms with Crippen molar-refractivity contribution >= 4 is 15.7 Å². The Kier molecular flexibility index (Phi) is 3.69. The Morgan fingerprint density at radius 1 is 1.32 bits per heavy atom. The molecule has 22 heavy (non-hydrogen) atoms. The molecule has 3 rings (SSSR count). The van der Waals surface area contributed by atoms with Gasteiger partial charge in [0.05, 0.1) is 29.0 Å². The van der Waals surface area contributed by atoms with E-state index in [0.29, 0.717) is 23.2 Å². The Morgan fingerprint density at radius 3 is 2.68 bits per heavy atom. The number of aromatic nitrogens is 2. The fourth-order valence-corrected chi connectivity index (χ4v) is 4.14. The SMILES string of the molecule is O=C(N[C@H]1CCS(=O)(=O)C1)c1cn[nH]c1-c1ccc(F)cc1. The van der Waals surface area contributed by atoms with E-state index in [1.807, 2.05) is 0 Å². The standard InChI is InChI=1S/C14H14FN3O3S/c15-10-3-1-9(2-4-10)13-12(7-16-18-13)14(19)17-11-5-6-22(20,21)8-11/h1-4,7,11H,5-6,8H2,(H,16,18)(H,17,19)/t11-/m0/s1. The van der Waals surface area contributed by atoms with Gasteiger partial charge in [-0.3, -0.25) is 9.89 Å². The quantitative estimate of drug-likeness (QED) is 0.886. The van der Waals surface area contributed by atoms with Crippen LogP contribution in [0.4, 0.5) is 4.39 Å². The fourth-order valence-electron chi connectivity index (χ4n) is 2.47. The maximum atomic E-state index is 13.0. The van der Waals surface area contributed by atoms with Crippen molar-refractivity contribution < 1.29 is 17.6 Å². The average Bonchev–Trinajstić information content (AvgIpc) is 3.06. The second kappa shape index (κ2) is 5.53. The van der Waals surface area contributed by atoms with Crippen LogP contribution in [0.2, 0.25) is 0 Å². The van der Waals surface area contributed by atoms with Gasteiger partial charge in [-0.25, -0.2) is 12.8 Å². The summed E-state index contributed by atoms with van der Waals surface area (Å²) in [7, 11) is -3.06. The molecule has 0 aliphatic carbocycles. The number of hydrogen-bond acceptors (Lipinski definition) is 4. The minimum atomic E-state index is -3.06. The molecule has 0 unspecified atom stereocenters. The molecule has 1 amide bonds. The van der Waals surface area contributed by atoms with E-state index in [1.54, 1.807) is 12.1 Å². The van der Waals surface area contributed by atoms with Gasteiger partial charge in [-0.2, -0.15) is 5.10 Å². The average molecular weight is 323 g/mol. The molecule has 1 aliphatic rings. The number of rotatable bonds is 3. The molecule has 0 saturated carbocycles. The summed E-state index contributed by atoms with van der Waals surface area (Å²) in [6.07, 6.45) is 1.79. The smallest absolute Gasteiger partial charge is 0.255 e. The van der Waals surface area contributed by atoms with E-state index in [1.165, 1.54) is 18.3 Å². The summed E-state index contributed by atoms with van der Waals surface area (Å²) in [6.45, 7) is 0. The number of carbonyl (C=O) groups excluding carboxylic acids is 1. The predicted octanol–water partition coefficient (Wildman–Crippen LogP) is 1.13. The lowest BCUT2D eigenvalue weighted by atomic mass is 10.1. The van der Waals surface area contributed by atoms with E-state index < -0.39 is 15.7 Å². The summed E-state index contributed by atoms with van der Waals surface area (Å²) in [5, 5.41) is 9.27. The van der Waals surface area contributed by atoms with Gasteiger partial charge in [-0.1, -0.05) is 0 Å². The number of halogens is 1. The molecule has 2 aromatic rings. The van der Waals surface area contributed by atoms with Crippen LogP contribution >= 0.6 is 0 Å². The molecule has 1 fully saturated rings. The molecule has 6 nitrogen and oxygen atoms in total. The van der Waals surface area contributed by atoms with Gasteiger partial charge in [0.2, 0.25) is 0 Å². The third-order valence-electron chi connectivity index (χ3n) is 3.58. The highest BCUT2D eigenvalue weighted by Crippen LogP contribution is 2.22. The van der Waals surface area contributed by atoms with E-state index >= 15 is 0 Å². The first-order valence-electron chi connectivity index (χ1n) is 6.75. The molecule has 1 aromatic carbocycles. The summed E-state index contributed by atoms with van der Waals surface area (Å²) in [4.78, 5) is 12.3. The summed E-state index contributed by atoms with van der Waals surface area (Å²) in [5.74, 6) is -0.711. The van der Waals surface area contributed by atoms with Gasteiger partial charge < -0.3 is 5.32 Å². The molecule has 8 heteroatoms. The van der Waals surface area contributed by atoms with Gasteiger partial charge in [0.1, 0.15) is 5.82 Å². The predicted molar refractivity (Wildman–Crippen MR) is 78.5 cm³/mol. The van der Waals surface area contributed by atoms with Crippen LogP contribution in [-0.2, 0) is 9.84 Å². The van der Waals surface area contributed by atoms with Crippen molar-refractivity contribution in [1.82, 2.24) is 15.5 Å². The third kappa shape index (κ3) is 3.01. The third-order valence-corrected chi connectivity index (χ3v) is 5.35. The Labute approximate surface area is 126 Å². The van der Waals surface area contributed by atoms with Gasteiger partial charge in [-0.05, 0) is 30.7 Å². The van der Waals surface area contributed by atoms with Crippen molar-refractivity contribution in [3.8, 4) is 11.3 Å². The molecule has 0 bridgehead atoms. The highest BCUT2D eigenvalue weighted by atomic mass is 32.2. The number of benzene rings is 1. The molecular weight excluding hydrogens is 309 g/mol. The first-order chi connectivity index (χ1) is 10.4. The van der Waals surface area contributed by atoms with Gasteiger partial charge in [0.15, 0.2) is 9.84 Å². The van der Waals surface area contributed by atoms with Crippen molar-refractivity contribution in [3.05, 3.63) is 41.8 Å². The van der Waals surface area contributed by atoms with E-state index in [0.717, 1.165) is 0 Å². The minimum absolute atomic E-state index is 0.0392. The van der Waals surface area contributed by atoms with Crippen LogP contribution < -0.4 is 5.32 Å². The largest absolute Gasteiger partial charge is 0.348 e. The summed E-state index contributed by atoms with van der Waals surface area (Å²) in [6, 6.07) is 5.29. The molecular formula is C14H14FN3O3S. The molecule has 1 atom stereocenters. The lowest BCUT2D eigenvalue weighted by Gasteiger charge is -2.10. The lowest BCUT2D eigenvalue weighted by molar-refractivity contribution is 0.0942. The molecule has 1 saturated heterocycles. The fraction of sp³-hybridized carbons (Fsp3) is 0.286. The number of carbonyl (C=O) groups is 1. The summed E-state index contributed by atoms with van der Waals surface area (Å²) < 4.78 is 35.8. The van der Waals surface area contributed by atoms with Crippen LogP contribution in [0.25, 0.3) is 11.3 Å². The van der Waals surface area contributed by atoms with Crippen molar-refractivity contribution in [3.63, 3.8) is 0 Å². The topological polar surface area (TPSA) is 91.9 Å². The van der Waals surface area contributed by atoms with Crippen molar-refractivity contribution in [2.24, 2.45) is 0 Å². The highest BCUT2D eigenvalue weighted by molar-refractivity contribution is 7.91. The first-order valence-corrected chi connectivity index (χ1v) is 8.57. The molecule has 2 N–H and O–H groups in total. The maximum Gasteiger partial charge on any atom is 0.255 e. The van der Waals surface area contributed by atoms with Crippen LogP contribution in [0.5, 0.6) is 0 Å². The van der Waals surface area contributed by atoms with E-state index in [-0.39, 0.29) is 23.4 Å². The van der Waals surface area contributed by atoms with Gasteiger partial charge in [0.25, 0.3) is 5.91 Å². The summed E-state index contributed by atoms with van der Waals surface area (Å²) >= 11 is 0.